The molecule has 0 aliphatic heterocycles. The molecule has 0 aromatic carbocycles. The van der Waals surface area contributed by atoms with E-state index in [4.69, 9.17) is 15.6 Å². The SMILES string of the molecule is CO[C@]1(CO)CC[C@H](N)CC1. The van der Waals surface area contributed by atoms with E-state index in [-0.39, 0.29) is 12.2 Å². The molecule has 66 valence electrons. The summed E-state index contributed by atoms with van der Waals surface area (Å²) in [5.41, 5.74) is 5.45. The molecule has 0 amide bonds. The minimum atomic E-state index is -0.282. The molecule has 3 nitrogen and oxygen atoms in total. The van der Waals surface area contributed by atoms with Gasteiger partial charge in [0.15, 0.2) is 0 Å². The van der Waals surface area contributed by atoms with Crippen molar-refractivity contribution in [2.45, 2.75) is 37.3 Å². The lowest BCUT2D eigenvalue weighted by atomic mass is 9.83. The first kappa shape index (κ1) is 8.97. The quantitative estimate of drug-likeness (QED) is 0.608. The third kappa shape index (κ3) is 1.92. The lowest BCUT2D eigenvalue weighted by Gasteiger charge is -2.36. The topological polar surface area (TPSA) is 55.5 Å². The highest BCUT2D eigenvalue weighted by Crippen LogP contribution is 2.29. The van der Waals surface area contributed by atoms with Gasteiger partial charge in [-0.15, -0.1) is 0 Å². The molecular weight excluding hydrogens is 142 g/mol. The van der Waals surface area contributed by atoms with Crippen LogP contribution in [0.1, 0.15) is 25.7 Å². The molecule has 0 aromatic rings. The molecule has 1 saturated carbocycles. The molecule has 1 aliphatic rings. The molecule has 11 heavy (non-hydrogen) atoms. The van der Waals surface area contributed by atoms with Crippen LogP contribution in [0.15, 0.2) is 0 Å². The highest BCUT2D eigenvalue weighted by Gasteiger charge is 2.33. The lowest BCUT2D eigenvalue weighted by Crippen LogP contribution is -2.43. The third-order valence-corrected chi connectivity index (χ3v) is 2.66. The lowest BCUT2D eigenvalue weighted by molar-refractivity contribution is -0.0778. The van der Waals surface area contributed by atoms with Crippen LogP contribution in [0.25, 0.3) is 0 Å². The van der Waals surface area contributed by atoms with E-state index >= 15 is 0 Å². The smallest absolute Gasteiger partial charge is 0.0909 e. The molecule has 3 N–H and O–H groups in total. The average Bonchev–Trinajstić information content (AvgIpc) is 2.07. The largest absolute Gasteiger partial charge is 0.393 e. The van der Waals surface area contributed by atoms with Gasteiger partial charge in [-0.3, -0.25) is 0 Å². The molecule has 1 aliphatic carbocycles. The summed E-state index contributed by atoms with van der Waals surface area (Å²) in [7, 11) is 1.66. The molecule has 3 heteroatoms. The van der Waals surface area contributed by atoms with Crippen LogP contribution in [-0.4, -0.2) is 30.5 Å². The maximum atomic E-state index is 9.06. The van der Waals surface area contributed by atoms with Crippen molar-refractivity contribution in [3.05, 3.63) is 0 Å². The van der Waals surface area contributed by atoms with Crippen LogP contribution in [0, 0.1) is 0 Å². The molecular formula is C8H17NO2. The Balaban J connectivity index is 2.45. The van der Waals surface area contributed by atoms with Crippen LogP contribution < -0.4 is 5.73 Å². The van der Waals surface area contributed by atoms with Crippen LogP contribution in [0.5, 0.6) is 0 Å². The van der Waals surface area contributed by atoms with E-state index in [0.29, 0.717) is 6.04 Å². The molecule has 0 unspecified atom stereocenters. The zero-order valence-electron chi connectivity index (χ0n) is 7.05. The number of nitrogens with two attached hydrogens (primary N) is 1. The van der Waals surface area contributed by atoms with Gasteiger partial charge in [-0.05, 0) is 25.7 Å². The van der Waals surface area contributed by atoms with Gasteiger partial charge in [0.2, 0.25) is 0 Å². The van der Waals surface area contributed by atoms with Crippen LogP contribution >= 0.6 is 0 Å². The van der Waals surface area contributed by atoms with E-state index < -0.39 is 0 Å². The van der Waals surface area contributed by atoms with Gasteiger partial charge >= 0.3 is 0 Å². The number of rotatable bonds is 2. The molecule has 1 rings (SSSR count). The molecule has 0 radical (unpaired) electrons. The maximum absolute atomic E-state index is 9.06. The van der Waals surface area contributed by atoms with Crippen molar-refractivity contribution >= 4 is 0 Å². The Hall–Kier alpha value is -0.120. The first-order chi connectivity index (χ1) is 5.22. The Morgan fingerprint density at radius 2 is 2.09 bits per heavy atom. The Morgan fingerprint density at radius 3 is 2.45 bits per heavy atom. The first-order valence-electron chi connectivity index (χ1n) is 4.14. The van der Waals surface area contributed by atoms with Crippen LogP contribution in [-0.2, 0) is 4.74 Å². The maximum Gasteiger partial charge on any atom is 0.0909 e. The summed E-state index contributed by atoms with van der Waals surface area (Å²) >= 11 is 0. The second kappa shape index (κ2) is 3.52. The van der Waals surface area contributed by atoms with Crippen molar-refractivity contribution in [3.8, 4) is 0 Å². The number of aliphatic hydroxyl groups is 1. The van der Waals surface area contributed by atoms with Crippen molar-refractivity contribution in [3.63, 3.8) is 0 Å². The average molecular weight is 159 g/mol. The van der Waals surface area contributed by atoms with Crippen LogP contribution in [0.4, 0.5) is 0 Å². The molecule has 1 fully saturated rings. The van der Waals surface area contributed by atoms with E-state index in [9.17, 15) is 0 Å². The van der Waals surface area contributed by atoms with Gasteiger partial charge in [0.25, 0.3) is 0 Å². The van der Waals surface area contributed by atoms with Gasteiger partial charge in [0, 0.05) is 13.2 Å². The normalized spacial score (nSPS) is 39.0. The van der Waals surface area contributed by atoms with Gasteiger partial charge in [0.1, 0.15) is 0 Å². The summed E-state index contributed by atoms with van der Waals surface area (Å²) in [6.07, 6.45) is 3.71. The number of hydrogen-bond acceptors (Lipinski definition) is 3. The third-order valence-electron chi connectivity index (χ3n) is 2.66. The van der Waals surface area contributed by atoms with Gasteiger partial charge in [0.05, 0.1) is 12.2 Å². The van der Waals surface area contributed by atoms with Crippen molar-refractivity contribution < 1.29 is 9.84 Å². The van der Waals surface area contributed by atoms with Gasteiger partial charge in [-0.25, -0.2) is 0 Å². The van der Waals surface area contributed by atoms with Crippen molar-refractivity contribution in [2.75, 3.05) is 13.7 Å². The molecule has 0 heterocycles. The highest BCUT2D eigenvalue weighted by atomic mass is 16.5. The number of hydrogen-bond donors (Lipinski definition) is 2. The van der Waals surface area contributed by atoms with Gasteiger partial charge in [-0.2, -0.15) is 0 Å². The van der Waals surface area contributed by atoms with E-state index in [1.54, 1.807) is 7.11 Å². The van der Waals surface area contributed by atoms with E-state index in [1.807, 2.05) is 0 Å². The number of ether oxygens (including phenoxy) is 1. The van der Waals surface area contributed by atoms with Gasteiger partial charge < -0.3 is 15.6 Å². The molecule has 0 aromatic heterocycles. The predicted octanol–water partition coefficient (Wildman–Crippen LogP) is 0.265. The van der Waals surface area contributed by atoms with Gasteiger partial charge in [-0.1, -0.05) is 0 Å². The fourth-order valence-corrected chi connectivity index (χ4v) is 1.59. The summed E-state index contributed by atoms with van der Waals surface area (Å²) in [6.45, 7) is 0.121. The summed E-state index contributed by atoms with van der Waals surface area (Å²) < 4.78 is 5.27. The van der Waals surface area contributed by atoms with E-state index in [2.05, 4.69) is 0 Å². The Kier molecular flexibility index (Phi) is 2.87. The van der Waals surface area contributed by atoms with Crippen LogP contribution in [0.2, 0.25) is 0 Å². The molecule has 0 atom stereocenters. The molecule has 0 bridgehead atoms. The fourth-order valence-electron chi connectivity index (χ4n) is 1.59. The van der Waals surface area contributed by atoms with Crippen LogP contribution in [0.3, 0.4) is 0 Å². The Bertz CT molecular complexity index is 113. The van der Waals surface area contributed by atoms with Crippen molar-refractivity contribution in [1.82, 2.24) is 0 Å². The number of aliphatic hydroxyl groups excluding tert-OH is 1. The highest BCUT2D eigenvalue weighted by molar-refractivity contribution is 4.87. The van der Waals surface area contributed by atoms with E-state index in [0.717, 1.165) is 25.7 Å². The molecule has 0 spiro atoms. The summed E-state index contributed by atoms with van der Waals surface area (Å²) in [5.74, 6) is 0. The second-order valence-corrected chi connectivity index (χ2v) is 3.38. The Labute approximate surface area is 67.5 Å². The summed E-state index contributed by atoms with van der Waals surface area (Å²) in [4.78, 5) is 0. The minimum absolute atomic E-state index is 0.121. The van der Waals surface area contributed by atoms with Crippen molar-refractivity contribution in [1.29, 1.82) is 0 Å². The molecule has 0 saturated heterocycles. The van der Waals surface area contributed by atoms with E-state index in [1.165, 1.54) is 0 Å². The second-order valence-electron chi connectivity index (χ2n) is 3.38. The predicted molar refractivity (Wildman–Crippen MR) is 43.3 cm³/mol. The van der Waals surface area contributed by atoms with Crippen molar-refractivity contribution in [2.24, 2.45) is 5.73 Å². The zero-order valence-corrected chi connectivity index (χ0v) is 7.05. The number of methoxy groups -OCH3 is 1. The monoisotopic (exact) mass is 159 g/mol. The zero-order chi connectivity index (χ0) is 8.32. The first-order valence-corrected chi connectivity index (χ1v) is 4.14. The Morgan fingerprint density at radius 1 is 1.55 bits per heavy atom. The summed E-state index contributed by atoms with van der Waals surface area (Å²) in [5, 5.41) is 9.06. The fraction of sp³-hybridized carbons (Fsp3) is 1.00. The summed E-state index contributed by atoms with van der Waals surface area (Å²) in [6, 6.07) is 0.310. The standard InChI is InChI=1S/C8H17NO2/c1-11-8(6-10)4-2-7(9)3-5-8/h7,10H,2-6,9H2,1H3/t7-,8+. The minimum Gasteiger partial charge on any atom is -0.393 e.